The van der Waals surface area contributed by atoms with Gasteiger partial charge in [0, 0.05) is 26.7 Å². The number of nitrogens with one attached hydrogen (secondary N) is 1. The van der Waals surface area contributed by atoms with Gasteiger partial charge in [-0.3, -0.25) is 4.68 Å². The van der Waals surface area contributed by atoms with Crippen molar-refractivity contribution in [2.24, 2.45) is 7.05 Å². The average molecular weight is 246 g/mol. The van der Waals surface area contributed by atoms with Crippen LogP contribution in [-0.4, -0.2) is 29.0 Å². The molecule has 92 valence electrons. The van der Waals surface area contributed by atoms with Gasteiger partial charge >= 0.3 is 0 Å². The van der Waals surface area contributed by atoms with Crippen LogP contribution in [-0.2, 0) is 18.3 Å². The summed E-state index contributed by atoms with van der Waals surface area (Å²) in [7, 11) is 1.98. The number of aromatic nitrogens is 2. The predicted octanol–water partition coefficient (Wildman–Crippen LogP) is 1.42. The van der Waals surface area contributed by atoms with Gasteiger partial charge in [0.2, 0.25) is 0 Å². The first-order valence-corrected chi connectivity index (χ1v) is 5.57. The molecule has 1 N–H and O–H groups in total. The maximum Gasteiger partial charge on any atom is 0.0700 e. The summed E-state index contributed by atoms with van der Waals surface area (Å²) in [5.41, 5.74) is 2.50. The van der Waals surface area contributed by atoms with E-state index in [1.165, 1.54) is 24.1 Å². The van der Waals surface area contributed by atoms with E-state index in [1.807, 2.05) is 17.9 Å². The van der Waals surface area contributed by atoms with Crippen molar-refractivity contribution in [1.29, 1.82) is 0 Å². The lowest BCUT2D eigenvalue weighted by molar-refractivity contribution is 0.110. The number of hydrogen-bond donors (Lipinski definition) is 1. The zero-order valence-corrected chi connectivity index (χ0v) is 10.7. The Labute approximate surface area is 103 Å². The highest BCUT2D eigenvalue weighted by Crippen LogP contribution is 2.11. The van der Waals surface area contributed by atoms with Crippen molar-refractivity contribution >= 4 is 12.4 Å². The molecule has 0 bridgehead atoms. The Morgan fingerprint density at radius 1 is 1.62 bits per heavy atom. The van der Waals surface area contributed by atoms with Gasteiger partial charge < -0.3 is 10.1 Å². The van der Waals surface area contributed by atoms with Gasteiger partial charge in [-0.05, 0) is 25.3 Å². The Balaban J connectivity index is 0.00000128. The number of aryl methyl sites for hydroxylation is 2. The molecule has 2 rings (SSSR count). The molecule has 0 saturated carbocycles. The highest BCUT2D eigenvalue weighted by molar-refractivity contribution is 5.85. The summed E-state index contributed by atoms with van der Waals surface area (Å²) in [5, 5.41) is 7.64. The van der Waals surface area contributed by atoms with Crippen LogP contribution in [0.1, 0.15) is 24.1 Å². The summed E-state index contributed by atoms with van der Waals surface area (Å²) < 4.78 is 7.48. The Morgan fingerprint density at radius 3 is 3.00 bits per heavy atom. The van der Waals surface area contributed by atoms with Gasteiger partial charge in [0.1, 0.15) is 0 Å². The highest BCUT2D eigenvalue weighted by atomic mass is 35.5. The van der Waals surface area contributed by atoms with E-state index in [-0.39, 0.29) is 12.4 Å². The summed E-state index contributed by atoms with van der Waals surface area (Å²) >= 11 is 0. The summed E-state index contributed by atoms with van der Waals surface area (Å²) in [6, 6.07) is 0. The first-order valence-electron chi connectivity index (χ1n) is 5.57. The van der Waals surface area contributed by atoms with Crippen molar-refractivity contribution in [3.05, 3.63) is 17.5 Å². The monoisotopic (exact) mass is 245 g/mol. The molecule has 5 heteroatoms. The van der Waals surface area contributed by atoms with Gasteiger partial charge in [-0.1, -0.05) is 0 Å². The maximum absolute atomic E-state index is 5.55. The zero-order valence-electron chi connectivity index (χ0n) is 9.90. The van der Waals surface area contributed by atoms with Gasteiger partial charge in [-0.15, -0.1) is 12.4 Å². The van der Waals surface area contributed by atoms with Crippen molar-refractivity contribution in [3.63, 3.8) is 0 Å². The molecule has 0 radical (unpaired) electrons. The first kappa shape index (κ1) is 13.5. The summed E-state index contributed by atoms with van der Waals surface area (Å²) in [5.74, 6) is 0. The molecule has 0 amide bonds. The second kappa shape index (κ2) is 6.23. The molecule has 0 aliphatic carbocycles. The lowest BCUT2D eigenvalue weighted by atomic mass is 10.2. The Morgan fingerprint density at radius 2 is 2.44 bits per heavy atom. The van der Waals surface area contributed by atoms with Crippen LogP contribution in [0.3, 0.4) is 0 Å². The number of nitrogens with zero attached hydrogens (tertiary/aromatic N) is 2. The Bertz CT molecular complexity index is 302. The second-order valence-corrected chi connectivity index (χ2v) is 4.16. The van der Waals surface area contributed by atoms with Crippen LogP contribution in [0.4, 0.5) is 0 Å². The van der Waals surface area contributed by atoms with Crippen LogP contribution in [0.15, 0.2) is 6.20 Å². The average Bonchev–Trinajstić information content (AvgIpc) is 2.82. The van der Waals surface area contributed by atoms with E-state index in [1.54, 1.807) is 0 Å². The van der Waals surface area contributed by atoms with E-state index in [9.17, 15) is 0 Å². The molecule has 1 aliphatic heterocycles. The van der Waals surface area contributed by atoms with Crippen LogP contribution < -0.4 is 5.32 Å². The van der Waals surface area contributed by atoms with Crippen molar-refractivity contribution in [2.75, 3.05) is 13.2 Å². The minimum absolute atomic E-state index is 0. The van der Waals surface area contributed by atoms with E-state index in [2.05, 4.69) is 17.3 Å². The highest BCUT2D eigenvalue weighted by Gasteiger charge is 2.14. The van der Waals surface area contributed by atoms with E-state index < -0.39 is 0 Å². The van der Waals surface area contributed by atoms with Gasteiger partial charge in [-0.2, -0.15) is 5.10 Å². The summed E-state index contributed by atoms with van der Waals surface area (Å²) in [4.78, 5) is 0. The summed E-state index contributed by atoms with van der Waals surface area (Å²) in [6.45, 7) is 4.85. The normalized spacial score (nSPS) is 19.8. The molecule has 1 unspecified atom stereocenters. The standard InChI is InChI=1S/C11H19N3O.ClH/c1-9-6-13-14(2)11(9)8-12-7-10-4-3-5-15-10;/h6,10,12H,3-5,7-8H2,1-2H3;1H. The smallest absolute Gasteiger partial charge is 0.0700 e. The number of hydrogen-bond acceptors (Lipinski definition) is 3. The van der Waals surface area contributed by atoms with Crippen molar-refractivity contribution in [1.82, 2.24) is 15.1 Å². The van der Waals surface area contributed by atoms with Crippen LogP contribution in [0.25, 0.3) is 0 Å². The van der Waals surface area contributed by atoms with Crippen molar-refractivity contribution < 1.29 is 4.74 Å². The lowest BCUT2D eigenvalue weighted by Gasteiger charge is -2.11. The minimum atomic E-state index is 0. The summed E-state index contributed by atoms with van der Waals surface area (Å²) in [6.07, 6.45) is 4.72. The Kier molecular flexibility index (Phi) is 5.25. The Hall–Kier alpha value is -0.580. The number of rotatable bonds is 4. The maximum atomic E-state index is 5.55. The van der Waals surface area contributed by atoms with E-state index >= 15 is 0 Å². The van der Waals surface area contributed by atoms with Crippen LogP contribution >= 0.6 is 12.4 Å². The molecule has 1 aliphatic rings. The second-order valence-electron chi connectivity index (χ2n) is 4.16. The van der Waals surface area contributed by atoms with Gasteiger partial charge in [0.05, 0.1) is 18.0 Å². The number of halogens is 1. The topological polar surface area (TPSA) is 39.1 Å². The van der Waals surface area contributed by atoms with Crippen molar-refractivity contribution in [2.45, 2.75) is 32.4 Å². The molecular weight excluding hydrogens is 226 g/mol. The van der Waals surface area contributed by atoms with Crippen LogP contribution in [0.2, 0.25) is 0 Å². The SMILES string of the molecule is Cc1cnn(C)c1CNCC1CCCO1.Cl. The van der Waals surface area contributed by atoms with Crippen LogP contribution in [0.5, 0.6) is 0 Å². The van der Waals surface area contributed by atoms with E-state index in [0.717, 1.165) is 19.7 Å². The van der Waals surface area contributed by atoms with E-state index in [4.69, 9.17) is 4.74 Å². The van der Waals surface area contributed by atoms with Crippen molar-refractivity contribution in [3.8, 4) is 0 Å². The molecule has 1 saturated heterocycles. The zero-order chi connectivity index (χ0) is 10.7. The van der Waals surface area contributed by atoms with Gasteiger partial charge in [-0.25, -0.2) is 0 Å². The molecule has 1 aromatic rings. The fraction of sp³-hybridized carbons (Fsp3) is 0.727. The third kappa shape index (κ3) is 3.20. The molecule has 1 fully saturated rings. The van der Waals surface area contributed by atoms with Crippen LogP contribution in [0, 0.1) is 6.92 Å². The van der Waals surface area contributed by atoms with Gasteiger partial charge in [0.15, 0.2) is 0 Å². The van der Waals surface area contributed by atoms with Gasteiger partial charge in [0.25, 0.3) is 0 Å². The predicted molar refractivity (Wildman–Crippen MR) is 65.9 cm³/mol. The molecule has 1 aromatic heterocycles. The first-order chi connectivity index (χ1) is 7.27. The molecular formula is C11H20ClN3O. The molecule has 16 heavy (non-hydrogen) atoms. The third-order valence-electron chi connectivity index (χ3n) is 2.96. The third-order valence-corrected chi connectivity index (χ3v) is 2.96. The minimum Gasteiger partial charge on any atom is -0.377 e. The molecule has 1 atom stereocenters. The number of ether oxygens (including phenoxy) is 1. The van der Waals surface area contributed by atoms with E-state index in [0.29, 0.717) is 6.10 Å². The fourth-order valence-electron chi connectivity index (χ4n) is 1.98. The molecule has 4 nitrogen and oxygen atoms in total. The largest absolute Gasteiger partial charge is 0.377 e. The fourth-order valence-corrected chi connectivity index (χ4v) is 1.98. The molecule has 0 spiro atoms. The molecule has 0 aromatic carbocycles. The molecule has 2 heterocycles. The quantitative estimate of drug-likeness (QED) is 0.872. The lowest BCUT2D eigenvalue weighted by Crippen LogP contribution is -2.26.